The molecule has 0 aliphatic carbocycles. The van der Waals surface area contributed by atoms with Gasteiger partial charge in [0.1, 0.15) is 17.5 Å². The van der Waals surface area contributed by atoms with Crippen LogP contribution in [0.1, 0.15) is 0 Å². The average Bonchev–Trinajstić information content (AvgIpc) is 2.01. The molecule has 0 unspecified atom stereocenters. The molecule has 0 amide bonds. The summed E-state index contributed by atoms with van der Waals surface area (Å²) in [6.07, 6.45) is 3.10. The molecular weight excluding hydrogens is 208 g/mol. The summed E-state index contributed by atoms with van der Waals surface area (Å²) in [4.78, 5) is 7.71. The van der Waals surface area contributed by atoms with Gasteiger partial charge < -0.3 is 4.74 Å². The fourth-order valence-electron chi connectivity index (χ4n) is 0.541. The number of rotatable bonds is 3. The van der Waals surface area contributed by atoms with Gasteiger partial charge in [-0.1, -0.05) is 12.7 Å². The van der Waals surface area contributed by atoms with E-state index in [0.717, 1.165) is 0 Å². The van der Waals surface area contributed by atoms with Crippen molar-refractivity contribution in [1.82, 2.24) is 9.97 Å². The van der Waals surface area contributed by atoms with E-state index < -0.39 is 0 Å². The van der Waals surface area contributed by atoms with Gasteiger partial charge >= 0.3 is 0 Å². The van der Waals surface area contributed by atoms with Crippen molar-refractivity contribution in [1.29, 1.82) is 0 Å². The Balaban J connectivity index is 2.63. The topological polar surface area (TPSA) is 35.0 Å². The molecule has 0 N–H and O–H groups in total. The summed E-state index contributed by atoms with van der Waals surface area (Å²) in [6, 6.07) is 1.70. The van der Waals surface area contributed by atoms with Crippen molar-refractivity contribution >= 4 is 15.9 Å². The molecule has 0 atom stereocenters. The lowest BCUT2D eigenvalue weighted by atomic mass is 10.6. The lowest BCUT2D eigenvalue weighted by Gasteiger charge is -1.99. The lowest BCUT2D eigenvalue weighted by molar-refractivity contribution is 0.347. The highest BCUT2D eigenvalue weighted by molar-refractivity contribution is 9.10. The number of aromatic nitrogens is 2. The quantitative estimate of drug-likeness (QED) is 0.569. The van der Waals surface area contributed by atoms with Crippen molar-refractivity contribution in [2.24, 2.45) is 0 Å². The minimum absolute atomic E-state index is 0.462. The monoisotopic (exact) mass is 214 g/mol. The SMILES string of the molecule is C=CCOc1cc(Br)ncn1. The van der Waals surface area contributed by atoms with Crippen LogP contribution in [0.25, 0.3) is 0 Å². The molecule has 0 saturated heterocycles. The summed E-state index contributed by atoms with van der Waals surface area (Å²) in [7, 11) is 0. The highest BCUT2D eigenvalue weighted by atomic mass is 79.9. The van der Waals surface area contributed by atoms with Crippen LogP contribution < -0.4 is 4.74 Å². The van der Waals surface area contributed by atoms with Crippen LogP contribution >= 0.6 is 15.9 Å². The number of hydrogen-bond donors (Lipinski definition) is 0. The molecule has 0 spiro atoms. The minimum Gasteiger partial charge on any atom is -0.473 e. The van der Waals surface area contributed by atoms with Crippen LogP contribution in [0, 0.1) is 0 Å². The molecule has 0 aliphatic heterocycles. The van der Waals surface area contributed by atoms with Crippen molar-refractivity contribution in [2.45, 2.75) is 0 Å². The summed E-state index contributed by atoms with van der Waals surface area (Å²) in [5.74, 6) is 0.548. The second-order valence-electron chi connectivity index (χ2n) is 1.78. The predicted octanol–water partition coefficient (Wildman–Crippen LogP) is 1.80. The summed E-state index contributed by atoms with van der Waals surface area (Å²) >= 11 is 3.20. The Morgan fingerprint density at radius 2 is 2.45 bits per heavy atom. The van der Waals surface area contributed by atoms with Gasteiger partial charge in [-0.2, -0.15) is 0 Å². The third kappa shape index (κ3) is 2.67. The van der Waals surface area contributed by atoms with E-state index >= 15 is 0 Å². The second kappa shape index (κ2) is 4.08. The molecule has 11 heavy (non-hydrogen) atoms. The first-order valence-corrected chi connectivity index (χ1v) is 3.83. The highest BCUT2D eigenvalue weighted by Crippen LogP contribution is 2.11. The van der Waals surface area contributed by atoms with Gasteiger partial charge in [0.05, 0.1) is 0 Å². The lowest BCUT2D eigenvalue weighted by Crippen LogP contribution is -1.95. The molecular formula is C7H7BrN2O. The van der Waals surface area contributed by atoms with Crippen LogP contribution in [0.3, 0.4) is 0 Å². The molecule has 1 rings (SSSR count). The fourth-order valence-corrected chi connectivity index (χ4v) is 0.828. The molecule has 1 heterocycles. The van der Waals surface area contributed by atoms with E-state index in [2.05, 4.69) is 32.5 Å². The standard InChI is InChI=1S/C7H7BrN2O/c1-2-3-11-7-4-6(8)9-5-10-7/h2,4-5H,1,3H2. The van der Waals surface area contributed by atoms with Gasteiger partial charge in [0.25, 0.3) is 0 Å². The Kier molecular flexibility index (Phi) is 3.04. The van der Waals surface area contributed by atoms with E-state index in [-0.39, 0.29) is 0 Å². The normalized spacial score (nSPS) is 9.18. The van der Waals surface area contributed by atoms with Gasteiger partial charge in [-0.3, -0.25) is 0 Å². The molecule has 0 saturated carbocycles. The Bertz CT molecular complexity index is 252. The zero-order valence-corrected chi connectivity index (χ0v) is 7.41. The largest absolute Gasteiger partial charge is 0.473 e. The Morgan fingerprint density at radius 1 is 1.64 bits per heavy atom. The van der Waals surface area contributed by atoms with Crippen LogP contribution in [-0.2, 0) is 0 Å². The summed E-state index contributed by atoms with van der Waals surface area (Å²) < 4.78 is 5.85. The van der Waals surface area contributed by atoms with E-state index in [4.69, 9.17) is 4.74 Å². The Morgan fingerprint density at radius 3 is 3.09 bits per heavy atom. The van der Waals surface area contributed by atoms with Gasteiger partial charge in [0.2, 0.25) is 5.88 Å². The van der Waals surface area contributed by atoms with Crippen LogP contribution in [0.4, 0.5) is 0 Å². The molecule has 0 bridgehead atoms. The summed E-state index contributed by atoms with van der Waals surface area (Å²) in [5, 5.41) is 0. The van der Waals surface area contributed by atoms with Crippen molar-refractivity contribution in [3.05, 3.63) is 29.7 Å². The molecule has 1 aromatic rings. The van der Waals surface area contributed by atoms with Crippen molar-refractivity contribution in [2.75, 3.05) is 6.61 Å². The van der Waals surface area contributed by atoms with Crippen LogP contribution in [0.15, 0.2) is 29.7 Å². The van der Waals surface area contributed by atoms with Crippen molar-refractivity contribution in [3.63, 3.8) is 0 Å². The van der Waals surface area contributed by atoms with E-state index in [0.29, 0.717) is 17.1 Å². The van der Waals surface area contributed by atoms with Crippen molar-refractivity contribution < 1.29 is 4.74 Å². The maximum atomic E-state index is 5.14. The van der Waals surface area contributed by atoms with E-state index in [1.54, 1.807) is 12.1 Å². The van der Waals surface area contributed by atoms with E-state index in [1.807, 2.05) is 0 Å². The molecule has 0 aliphatic rings. The highest BCUT2D eigenvalue weighted by Gasteiger charge is 1.93. The number of halogens is 1. The molecule has 1 aromatic heterocycles. The first-order chi connectivity index (χ1) is 5.33. The molecule has 0 fully saturated rings. The summed E-state index contributed by atoms with van der Waals surface area (Å²) in [6.45, 7) is 3.98. The molecule has 0 aromatic carbocycles. The predicted molar refractivity (Wildman–Crippen MR) is 45.4 cm³/mol. The van der Waals surface area contributed by atoms with Crippen LogP contribution in [0.5, 0.6) is 5.88 Å². The third-order valence-electron chi connectivity index (χ3n) is 0.958. The summed E-state index contributed by atoms with van der Waals surface area (Å²) in [5.41, 5.74) is 0. The van der Waals surface area contributed by atoms with Gasteiger partial charge in [0.15, 0.2) is 0 Å². The van der Waals surface area contributed by atoms with Gasteiger partial charge in [-0.15, -0.1) is 0 Å². The van der Waals surface area contributed by atoms with Crippen LogP contribution in [-0.4, -0.2) is 16.6 Å². The van der Waals surface area contributed by atoms with Gasteiger partial charge in [-0.05, 0) is 15.9 Å². The number of nitrogens with zero attached hydrogens (tertiary/aromatic N) is 2. The third-order valence-corrected chi connectivity index (χ3v) is 1.39. The number of ether oxygens (including phenoxy) is 1. The maximum Gasteiger partial charge on any atom is 0.217 e. The molecule has 0 radical (unpaired) electrons. The average molecular weight is 215 g/mol. The zero-order valence-electron chi connectivity index (χ0n) is 5.83. The minimum atomic E-state index is 0.462. The van der Waals surface area contributed by atoms with E-state index in [9.17, 15) is 0 Å². The smallest absolute Gasteiger partial charge is 0.217 e. The first kappa shape index (κ1) is 8.20. The fraction of sp³-hybridized carbons (Fsp3) is 0.143. The van der Waals surface area contributed by atoms with Gasteiger partial charge in [0, 0.05) is 6.07 Å². The van der Waals surface area contributed by atoms with Gasteiger partial charge in [-0.25, -0.2) is 9.97 Å². The van der Waals surface area contributed by atoms with Crippen LogP contribution in [0.2, 0.25) is 0 Å². The molecule has 4 heteroatoms. The van der Waals surface area contributed by atoms with E-state index in [1.165, 1.54) is 6.33 Å². The Hall–Kier alpha value is -0.900. The first-order valence-electron chi connectivity index (χ1n) is 3.04. The second-order valence-corrected chi connectivity index (χ2v) is 2.59. The zero-order chi connectivity index (χ0) is 8.10. The maximum absolute atomic E-state index is 5.14. The Labute approximate surface area is 73.3 Å². The van der Waals surface area contributed by atoms with Crippen molar-refractivity contribution in [3.8, 4) is 5.88 Å². The number of hydrogen-bond acceptors (Lipinski definition) is 3. The molecule has 58 valence electrons. The molecule has 3 nitrogen and oxygen atoms in total.